The van der Waals surface area contributed by atoms with Gasteiger partial charge in [0.1, 0.15) is 0 Å². The first kappa shape index (κ1) is 12.9. The number of carbonyl (C=O) groups is 1. The number of hydroxylamine groups is 1. The number of carbonyl (C=O) groups excluding carboxylic acids is 1. The molecule has 0 aromatic heterocycles. The van der Waals surface area contributed by atoms with Crippen LogP contribution in [0.2, 0.25) is 0 Å². The molecule has 3 heteroatoms. The summed E-state index contributed by atoms with van der Waals surface area (Å²) in [6.07, 6.45) is 0.919. The summed E-state index contributed by atoms with van der Waals surface area (Å²) in [4.78, 5) is 11.8. The van der Waals surface area contributed by atoms with Gasteiger partial charge in [-0.3, -0.25) is 4.79 Å². The van der Waals surface area contributed by atoms with Gasteiger partial charge in [-0.15, -0.1) is 0 Å². The summed E-state index contributed by atoms with van der Waals surface area (Å²) in [5, 5.41) is 10.7. The second-order valence-corrected chi connectivity index (χ2v) is 4.43. The molecule has 1 aromatic rings. The molecule has 0 spiro atoms. The third-order valence-electron chi connectivity index (χ3n) is 2.46. The third kappa shape index (κ3) is 4.13. The fourth-order valence-corrected chi connectivity index (χ4v) is 1.64. The van der Waals surface area contributed by atoms with Crippen LogP contribution in [-0.2, 0) is 11.2 Å². The molecule has 1 aromatic carbocycles. The van der Waals surface area contributed by atoms with Gasteiger partial charge >= 0.3 is 0 Å². The molecule has 0 saturated heterocycles. The fourth-order valence-electron chi connectivity index (χ4n) is 1.64. The molecule has 0 amide bonds. The molecule has 0 unspecified atom stereocenters. The summed E-state index contributed by atoms with van der Waals surface area (Å²) in [5.41, 5.74) is 2.81. The van der Waals surface area contributed by atoms with Crippen LogP contribution in [0, 0.1) is 11.1 Å². The van der Waals surface area contributed by atoms with Crippen molar-refractivity contribution in [2.24, 2.45) is 5.92 Å². The van der Waals surface area contributed by atoms with Gasteiger partial charge in [-0.25, -0.2) is 0 Å². The van der Waals surface area contributed by atoms with Gasteiger partial charge in [0, 0.05) is 6.42 Å². The number of hydrogen-bond donors (Lipinski definition) is 1. The number of nitrogens with one attached hydrogen (secondary N) is 1. The number of benzene rings is 1. The Hall–Kier alpha value is -1.19. The minimum Gasteiger partial charge on any atom is -0.787 e. The molecule has 0 radical (unpaired) electrons. The second kappa shape index (κ2) is 6.40. The van der Waals surface area contributed by atoms with Gasteiger partial charge in [-0.1, -0.05) is 44.2 Å². The van der Waals surface area contributed by atoms with Crippen LogP contribution < -0.4 is 5.48 Å². The predicted octanol–water partition coefficient (Wildman–Crippen LogP) is 2.30. The van der Waals surface area contributed by atoms with Crippen molar-refractivity contribution in [2.45, 2.75) is 32.7 Å². The van der Waals surface area contributed by atoms with Crippen molar-refractivity contribution in [3.63, 3.8) is 0 Å². The van der Waals surface area contributed by atoms with E-state index in [9.17, 15) is 10.0 Å². The van der Waals surface area contributed by atoms with Crippen LogP contribution in [0.15, 0.2) is 30.3 Å². The van der Waals surface area contributed by atoms with Crippen LogP contribution in [0.25, 0.3) is 0 Å². The minimum absolute atomic E-state index is 0.0325. The lowest BCUT2D eigenvalue weighted by Crippen LogP contribution is -2.35. The molecular weight excluding hydrogens is 202 g/mol. The largest absolute Gasteiger partial charge is 0.787 e. The molecule has 1 N–H and O–H groups in total. The summed E-state index contributed by atoms with van der Waals surface area (Å²) in [5.74, 6) is 0.307. The molecule has 0 bridgehead atoms. The number of rotatable bonds is 6. The molecule has 0 fully saturated rings. The lowest BCUT2D eigenvalue weighted by Gasteiger charge is -2.22. The van der Waals surface area contributed by atoms with E-state index < -0.39 is 6.04 Å². The molecule has 1 atom stereocenters. The van der Waals surface area contributed by atoms with Crippen LogP contribution in [0.3, 0.4) is 0 Å². The van der Waals surface area contributed by atoms with Gasteiger partial charge in [-0.2, -0.15) is 0 Å². The normalized spacial score (nSPS) is 12.8. The van der Waals surface area contributed by atoms with E-state index in [0.29, 0.717) is 18.8 Å². The van der Waals surface area contributed by atoms with E-state index >= 15 is 0 Å². The summed E-state index contributed by atoms with van der Waals surface area (Å²) in [6, 6.07) is 8.92. The lowest BCUT2D eigenvalue weighted by atomic mass is 9.97. The summed E-state index contributed by atoms with van der Waals surface area (Å²) in [7, 11) is 0. The van der Waals surface area contributed by atoms with E-state index in [4.69, 9.17) is 0 Å². The average Bonchev–Trinajstić information content (AvgIpc) is 2.26. The van der Waals surface area contributed by atoms with Crippen LogP contribution >= 0.6 is 0 Å². The Morgan fingerprint density at radius 3 is 2.44 bits per heavy atom. The van der Waals surface area contributed by atoms with Crippen molar-refractivity contribution >= 4 is 5.78 Å². The second-order valence-electron chi connectivity index (χ2n) is 4.43. The molecule has 0 aliphatic heterocycles. The van der Waals surface area contributed by atoms with Gasteiger partial charge in [0.2, 0.25) is 0 Å². The Morgan fingerprint density at radius 2 is 1.94 bits per heavy atom. The number of ketones is 1. The van der Waals surface area contributed by atoms with Crippen LogP contribution in [0.5, 0.6) is 0 Å². The highest BCUT2D eigenvalue weighted by atomic mass is 16.5. The number of Topliss-reactive ketones (excluding diaryl/α,β-unsaturated/α-hetero) is 1. The Labute approximate surface area is 96.4 Å². The van der Waals surface area contributed by atoms with Crippen molar-refractivity contribution in [1.29, 1.82) is 0 Å². The summed E-state index contributed by atoms with van der Waals surface area (Å²) < 4.78 is 0. The highest BCUT2D eigenvalue weighted by Gasteiger charge is 2.15. The van der Waals surface area contributed by atoms with Crippen molar-refractivity contribution in [1.82, 2.24) is 5.48 Å². The Bertz CT molecular complexity index is 322. The molecule has 1 rings (SSSR count). The molecule has 3 nitrogen and oxygen atoms in total. The third-order valence-corrected chi connectivity index (χ3v) is 2.46. The maximum absolute atomic E-state index is 11.8. The monoisotopic (exact) mass is 220 g/mol. The SMILES string of the molecule is CC(C)C[C@H](N[O-])C(=O)Cc1ccccc1. The zero-order chi connectivity index (χ0) is 12.0. The maximum Gasteiger partial charge on any atom is 0.153 e. The van der Waals surface area contributed by atoms with E-state index in [2.05, 4.69) is 0 Å². The molecule has 88 valence electrons. The van der Waals surface area contributed by atoms with E-state index in [0.717, 1.165) is 5.56 Å². The zero-order valence-corrected chi connectivity index (χ0v) is 9.77. The summed E-state index contributed by atoms with van der Waals surface area (Å²) >= 11 is 0. The van der Waals surface area contributed by atoms with Crippen molar-refractivity contribution < 1.29 is 4.79 Å². The van der Waals surface area contributed by atoms with E-state index in [1.807, 2.05) is 49.7 Å². The van der Waals surface area contributed by atoms with Crippen LogP contribution in [-0.4, -0.2) is 11.8 Å². The Balaban J connectivity index is 2.56. The molecular formula is C13H18NO2-. The minimum atomic E-state index is -0.569. The molecule has 0 heterocycles. The van der Waals surface area contributed by atoms with Crippen molar-refractivity contribution in [3.8, 4) is 0 Å². The predicted molar refractivity (Wildman–Crippen MR) is 64.9 cm³/mol. The van der Waals surface area contributed by atoms with E-state index in [1.165, 1.54) is 0 Å². The van der Waals surface area contributed by atoms with Crippen LogP contribution in [0.4, 0.5) is 0 Å². The van der Waals surface area contributed by atoms with E-state index in [1.54, 1.807) is 0 Å². The van der Waals surface area contributed by atoms with Crippen molar-refractivity contribution in [3.05, 3.63) is 41.1 Å². The van der Waals surface area contributed by atoms with Gasteiger partial charge < -0.3 is 10.7 Å². The topological polar surface area (TPSA) is 52.2 Å². The highest BCUT2D eigenvalue weighted by molar-refractivity contribution is 5.86. The van der Waals surface area contributed by atoms with Crippen molar-refractivity contribution in [2.75, 3.05) is 0 Å². The molecule has 16 heavy (non-hydrogen) atoms. The Kier molecular flexibility index (Phi) is 5.15. The zero-order valence-electron chi connectivity index (χ0n) is 9.77. The van der Waals surface area contributed by atoms with E-state index in [-0.39, 0.29) is 5.78 Å². The molecule has 0 saturated carbocycles. The fraction of sp³-hybridized carbons (Fsp3) is 0.462. The van der Waals surface area contributed by atoms with Crippen LogP contribution in [0.1, 0.15) is 25.8 Å². The van der Waals surface area contributed by atoms with Gasteiger partial charge in [0.25, 0.3) is 0 Å². The quantitative estimate of drug-likeness (QED) is 0.748. The van der Waals surface area contributed by atoms with Gasteiger partial charge in [0.15, 0.2) is 5.78 Å². The first-order valence-electron chi connectivity index (χ1n) is 5.57. The number of hydrogen-bond acceptors (Lipinski definition) is 3. The molecule has 0 aliphatic rings. The first-order chi connectivity index (χ1) is 7.63. The summed E-state index contributed by atoms with van der Waals surface area (Å²) in [6.45, 7) is 4.00. The first-order valence-corrected chi connectivity index (χ1v) is 5.57. The average molecular weight is 220 g/mol. The highest BCUT2D eigenvalue weighted by Crippen LogP contribution is 2.09. The standard InChI is InChI=1S/C13H18NO2/c1-10(2)8-12(14-16)13(15)9-11-6-4-3-5-7-11/h3-7,10,12,14H,8-9H2,1-2H3/q-1/t12-/m0/s1. The smallest absolute Gasteiger partial charge is 0.153 e. The molecule has 0 aliphatic carbocycles. The maximum atomic E-state index is 11.8. The van der Waals surface area contributed by atoms with Gasteiger partial charge in [-0.05, 0) is 17.9 Å². The van der Waals surface area contributed by atoms with Gasteiger partial charge in [0.05, 0.1) is 6.04 Å². The Morgan fingerprint density at radius 1 is 1.31 bits per heavy atom. The lowest BCUT2D eigenvalue weighted by molar-refractivity contribution is -0.120.